The van der Waals surface area contributed by atoms with Crippen LogP contribution in [0.2, 0.25) is 0 Å². The predicted octanol–water partition coefficient (Wildman–Crippen LogP) is 3.01. The van der Waals surface area contributed by atoms with Gasteiger partial charge in [0.2, 0.25) is 0 Å². The molecule has 0 aromatic heterocycles. The number of ketones is 1. The van der Waals surface area contributed by atoms with Crippen LogP contribution >= 0.6 is 0 Å². The Labute approximate surface area is 152 Å². The zero-order valence-electron chi connectivity index (χ0n) is 14.9. The minimum Gasteiger partial charge on any atom is -0.497 e. The summed E-state index contributed by atoms with van der Waals surface area (Å²) in [5.74, 6) is -0.356. The molecule has 0 bridgehead atoms. The Hall–Kier alpha value is -3.15. The van der Waals surface area contributed by atoms with Gasteiger partial charge in [0, 0.05) is 11.3 Å². The van der Waals surface area contributed by atoms with Crippen LogP contribution in [0.5, 0.6) is 5.75 Å². The molecule has 0 aliphatic heterocycles. The summed E-state index contributed by atoms with van der Waals surface area (Å²) in [6.45, 7) is 2.97. The first-order valence-corrected chi connectivity index (χ1v) is 8.13. The van der Waals surface area contributed by atoms with E-state index in [1.54, 1.807) is 55.6 Å². The molecule has 0 heterocycles. The molecule has 136 valence electrons. The zero-order chi connectivity index (χ0) is 19.1. The molecule has 0 saturated carbocycles. The Balaban J connectivity index is 1.89. The quantitative estimate of drug-likeness (QED) is 0.610. The molecule has 1 amide bonds. The summed E-state index contributed by atoms with van der Waals surface area (Å²) in [4.78, 5) is 35.4. The molecule has 6 nitrogen and oxygen atoms in total. The number of nitrogens with one attached hydrogen (secondary N) is 1. The second-order valence-corrected chi connectivity index (χ2v) is 5.78. The Morgan fingerprint density at radius 3 is 2.38 bits per heavy atom. The maximum atomic E-state index is 12.1. The molecule has 0 radical (unpaired) electrons. The number of ether oxygens (including phenoxy) is 2. The van der Waals surface area contributed by atoms with Gasteiger partial charge in [-0.1, -0.05) is 12.1 Å². The summed E-state index contributed by atoms with van der Waals surface area (Å²) in [5.41, 5.74) is 1.82. The lowest BCUT2D eigenvalue weighted by atomic mass is 10.1. The monoisotopic (exact) mass is 355 g/mol. The van der Waals surface area contributed by atoms with Crippen LogP contribution in [0.3, 0.4) is 0 Å². The number of rotatable bonds is 7. The summed E-state index contributed by atoms with van der Waals surface area (Å²) >= 11 is 0. The van der Waals surface area contributed by atoms with Gasteiger partial charge in [0.05, 0.1) is 13.5 Å². The zero-order valence-corrected chi connectivity index (χ0v) is 14.9. The average molecular weight is 355 g/mol. The number of Topliss-reactive ketones (excluding diaryl/α,β-unsaturated/α-hetero) is 1. The van der Waals surface area contributed by atoms with E-state index in [0.717, 1.165) is 5.56 Å². The number of carbonyl (C=O) groups is 3. The van der Waals surface area contributed by atoms with Crippen molar-refractivity contribution >= 4 is 23.3 Å². The van der Waals surface area contributed by atoms with Crippen LogP contribution in [0.4, 0.5) is 5.69 Å². The van der Waals surface area contributed by atoms with Gasteiger partial charge in [-0.25, -0.2) is 0 Å². The molecular weight excluding hydrogens is 334 g/mol. The Morgan fingerprint density at radius 1 is 1.08 bits per heavy atom. The van der Waals surface area contributed by atoms with Gasteiger partial charge in [-0.2, -0.15) is 0 Å². The van der Waals surface area contributed by atoms with Gasteiger partial charge in [-0.15, -0.1) is 0 Å². The summed E-state index contributed by atoms with van der Waals surface area (Å²) in [6, 6.07) is 13.6. The van der Waals surface area contributed by atoms with Gasteiger partial charge >= 0.3 is 5.97 Å². The molecule has 2 aromatic carbocycles. The third-order valence-electron chi connectivity index (χ3n) is 3.72. The van der Waals surface area contributed by atoms with Crippen molar-refractivity contribution in [2.24, 2.45) is 0 Å². The van der Waals surface area contributed by atoms with E-state index in [1.165, 1.54) is 13.8 Å². The van der Waals surface area contributed by atoms with E-state index in [4.69, 9.17) is 9.47 Å². The molecule has 26 heavy (non-hydrogen) atoms. The van der Waals surface area contributed by atoms with Crippen molar-refractivity contribution in [2.75, 3.05) is 12.4 Å². The maximum Gasteiger partial charge on any atom is 0.311 e. The van der Waals surface area contributed by atoms with Crippen LogP contribution in [0, 0.1) is 0 Å². The van der Waals surface area contributed by atoms with E-state index in [2.05, 4.69) is 5.32 Å². The van der Waals surface area contributed by atoms with Crippen molar-refractivity contribution in [1.29, 1.82) is 0 Å². The number of esters is 1. The fourth-order valence-corrected chi connectivity index (χ4v) is 2.27. The number of benzene rings is 2. The molecule has 0 aliphatic carbocycles. The Kier molecular flexibility index (Phi) is 6.49. The highest BCUT2D eigenvalue weighted by Gasteiger charge is 2.18. The number of anilines is 1. The summed E-state index contributed by atoms with van der Waals surface area (Å²) < 4.78 is 10.3. The third-order valence-corrected chi connectivity index (χ3v) is 3.72. The summed E-state index contributed by atoms with van der Waals surface area (Å²) in [5, 5.41) is 2.65. The standard InChI is InChI=1S/C20H21NO5/c1-13(22)16-7-9-17(10-8-16)21-20(24)14(2)26-19(23)12-15-5-4-6-18(11-15)25-3/h4-11,14H,12H2,1-3H3,(H,21,24)/t14-/m1/s1. The number of amides is 1. The average Bonchev–Trinajstić information content (AvgIpc) is 2.62. The SMILES string of the molecule is COc1cccc(CC(=O)O[C@H](C)C(=O)Nc2ccc(C(C)=O)cc2)c1. The molecule has 0 aliphatic rings. The molecule has 1 atom stereocenters. The molecule has 6 heteroatoms. The lowest BCUT2D eigenvalue weighted by molar-refractivity contribution is -0.152. The molecule has 0 saturated heterocycles. The molecule has 0 fully saturated rings. The van der Waals surface area contributed by atoms with Crippen LogP contribution < -0.4 is 10.1 Å². The molecule has 2 rings (SSSR count). The van der Waals surface area contributed by atoms with Crippen LogP contribution in [0.25, 0.3) is 0 Å². The van der Waals surface area contributed by atoms with Gasteiger partial charge in [0.15, 0.2) is 11.9 Å². The number of carbonyl (C=O) groups excluding carboxylic acids is 3. The first kappa shape index (κ1) is 19.2. The van der Waals surface area contributed by atoms with Gasteiger partial charge in [-0.05, 0) is 55.8 Å². The second kappa shape index (κ2) is 8.80. The van der Waals surface area contributed by atoms with Crippen LogP contribution in [0.15, 0.2) is 48.5 Å². The number of methoxy groups -OCH3 is 1. The van der Waals surface area contributed by atoms with E-state index in [0.29, 0.717) is 17.0 Å². The Morgan fingerprint density at radius 2 is 1.77 bits per heavy atom. The van der Waals surface area contributed by atoms with Gasteiger partial charge < -0.3 is 14.8 Å². The minimum atomic E-state index is -0.944. The first-order chi connectivity index (χ1) is 12.4. The highest BCUT2D eigenvalue weighted by atomic mass is 16.5. The topological polar surface area (TPSA) is 81.7 Å². The summed E-state index contributed by atoms with van der Waals surface area (Å²) in [7, 11) is 1.55. The van der Waals surface area contributed by atoms with E-state index < -0.39 is 18.0 Å². The lowest BCUT2D eigenvalue weighted by Gasteiger charge is -2.14. The molecule has 1 N–H and O–H groups in total. The van der Waals surface area contributed by atoms with Gasteiger partial charge in [-0.3, -0.25) is 14.4 Å². The third kappa shape index (κ3) is 5.44. The lowest BCUT2D eigenvalue weighted by Crippen LogP contribution is -2.30. The fourth-order valence-electron chi connectivity index (χ4n) is 2.27. The van der Waals surface area contributed by atoms with Crippen molar-refractivity contribution in [1.82, 2.24) is 0 Å². The highest BCUT2D eigenvalue weighted by molar-refractivity contribution is 5.97. The normalized spacial score (nSPS) is 11.3. The van der Waals surface area contributed by atoms with Crippen molar-refractivity contribution in [3.8, 4) is 5.75 Å². The van der Waals surface area contributed by atoms with Crippen LogP contribution in [0.1, 0.15) is 29.8 Å². The number of hydrogen-bond donors (Lipinski definition) is 1. The van der Waals surface area contributed by atoms with Crippen molar-refractivity contribution < 1.29 is 23.9 Å². The van der Waals surface area contributed by atoms with E-state index in [1.807, 2.05) is 0 Å². The summed E-state index contributed by atoms with van der Waals surface area (Å²) in [6.07, 6.45) is -0.900. The fraction of sp³-hybridized carbons (Fsp3) is 0.250. The first-order valence-electron chi connectivity index (χ1n) is 8.13. The van der Waals surface area contributed by atoms with E-state index in [-0.39, 0.29) is 12.2 Å². The predicted molar refractivity (Wildman–Crippen MR) is 97.3 cm³/mol. The van der Waals surface area contributed by atoms with Crippen molar-refractivity contribution in [3.05, 3.63) is 59.7 Å². The molecule has 0 unspecified atom stereocenters. The maximum absolute atomic E-state index is 12.1. The van der Waals surface area contributed by atoms with Crippen LogP contribution in [-0.4, -0.2) is 30.9 Å². The van der Waals surface area contributed by atoms with Crippen LogP contribution in [-0.2, 0) is 20.7 Å². The molecular formula is C20H21NO5. The smallest absolute Gasteiger partial charge is 0.311 e. The minimum absolute atomic E-state index is 0.0438. The van der Waals surface area contributed by atoms with E-state index >= 15 is 0 Å². The van der Waals surface area contributed by atoms with Gasteiger partial charge in [0.25, 0.3) is 5.91 Å². The number of hydrogen-bond acceptors (Lipinski definition) is 5. The molecule has 2 aromatic rings. The molecule has 0 spiro atoms. The highest BCUT2D eigenvalue weighted by Crippen LogP contribution is 2.14. The second-order valence-electron chi connectivity index (χ2n) is 5.78. The van der Waals surface area contributed by atoms with E-state index in [9.17, 15) is 14.4 Å². The Bertz CT molecular complexity index is 798. The van der Waals surface area contributed by atoms with Crippen molar-refractivity contribution in [2.45, 2.75) is 26.4 Å². The largest absolute Gasteiger partial charge is 0.497 e. The van der Waals surface area contributed by atoms with Gasteiger partial charge in [0.1, 0.15) is 5.75 Å². The van der Waals surface area contributed by atoms with Crippen molar-refractivity contribution in [3.63, 3.8) is 0 Å².